The number of rotatable bonds is 6. The largest absolute Gasteiger partial charge is 0.375 e. The van der Waals surface area contributed by atoms with Gasteiger partial charge in [0, 0.05) is 31.1 Å². The summed E-state index contributed by atoms with van der Waals surface area (Å²) in [5.41, 5.74) is 0. The first kappa shape index (κ1) is 23.2. The molecule has 164 valence electrons. The SMILES string of the molecule is CCNC(=NCC(c1cccs1)N1CCCC1)N1CCOC(C2CCCO2)C1.I. The zero-order valence-corrected chi connectivity index (χ0v) is 20.6. The molecule has 3 fully saturated rings. The van der Waals surface area contributed by atoms with E-state index in [0.29, 0.717) is 6.04 Å². The van der Waals surface area contributed by atoms with Crippen molar-refractivity contribution in [1.29, 1.82) is 0 Å². The molecule has 1 N–H and O–H groups in total. The summed E-state index contributed by atoms with van der Waals surface area (Å²) in [6.45, 7) is 9.59. The first-order valence-electron chi connectivity index (χ1n) is 10.9. The molecule has 8 heteroatoms. The molecule has 0 saturated carbocycles. The molecule has 3 atom stereocenters. The predicted octanol–water partition coefficient (Wildman–Crippen LogP) is 3.35. The highest BCUT2D eigenvalue weighted by Crippen LogP contribution is 2.29. The molecule has 0 spiro atoms. The fourth-order valence-corrected chi connectivity index (χ4v) is 5.36. The van der Waals surface area contributed by atoms with Crippen LogP contribution in [0.15, 0.2) is 22.5 Å². The number of ether oxygens (including phenoxy) is 2. The number of halogens is 1. The van der Waals surface area contributed by atoms with Crippen molar-refractivity contribution < 1.29 is 9.47 Å². The van der Waals surface area contributed by atoms with Crippen LogP contribution in [0.2, 0.25) is 0 Å². The van der Waals surface area contributed by atoms with E-state index in [-0.39, 0.29) is 36.2 Å². The summed E-state index contributed by atoms with van der Waals surface area (Å²) < 4.78 is 11.9. The fourth-order valence-electron chi connectivity index (χ4n) is 4.51. The molecule has 3 aliphatic heterocycles. The molecular weight excluding hydrogens is 499 g/mol. The summed E-state index contributed by atoms with van der Waals surface area (Å²) in [5, 5.41) is 5.70. The summed E-state index contributed by atoms with van der Waals surface area (Å²) in [6.07, 6.45) is 5.27. The van der Waals surface area contributed by atoms with Crippen LogP contribution in [0.4, 0.5) is 0 Å². The minimum Gasteiger partial charge on any atom is -0.375 e. The third-order valence-electron chi connectivity index (χ3n) is 5.97. The highest BCUT2D eigenvalue weighted by molar-refractivity contribution is 14.0. The number of hydrogen-bond donors (Lipinski definition) is 1. The summed E-state index contributed by atoms with van der Waals surface area (Å²) in [6, 6.07) is 4.82. The van der Waals surface area contributed by atoms with Gasteiger partial charge in [-0.15, -0.1) is 35.3 Å². The molecule has 3 saturated heterocycles. The zero-order valence-electron chi connectivity index (χ0n) is 17.4. The minimum atomic E-state index is 0. The van der Waals surface area contributed by atoms with Gasteiger partial charge in [0.25, 0.3) is 0 Å². The van der Waals surface area contributed by atoms with E-state index in [1.807, 2.05) is 11.3 Å². The first-order chi connectivity index (χ1) is 13.8. The second-order valence-corrected chi connectivity index (χ2v) is 8.85. The lowest BCUT2D eigenvalue weighted by molar-refractivity contribution is -0.0817. The van der Waals surface area contributed by atoms with Crippen molar-refractivity contribution in [2.75, 3.05) is 52.5 Å². The number of nitrogens with zero attached hydrogens (tertiary/aromatic N) is 3. The Morgan fingerprint density at radius 1 is 1.21 bits per heavy atom. The van der Waals surface area contributed by atoms with Gasteiger partial charge < -0.3 is 19.7 Å². The van der Waals surface area contributed by atoms with Crippen molar-refractivity contribution >= 4 is 41.3 Å². The Kier molecular flexibility index (Phi) is 9.49. The third kappa shape index (κ3) is 6.06. The molecule has 29 heavy (non-hydrogen) atoms. The Labute approximate surface area is 196 Å². The zero-order chi connectivity index (χ0) is 19.2. The maximum absolute atomic E-state index is 6.03. The van der Waals surface area contributed by atoms with E-state index < -0.39 is 0 Å². The lowest BCUT2D eigenvalue weighted by Gasteiger charge is -2.37. The van der Waals surface area contributed by atoms with E-state index in [2.05, 4.69) is 39.6 Å². The number of hydrogen-bond acceptors (Lipinski definition) is 5. The molecule has 3 aliphatic rings. The van der Waals surface area contributed by atoms with Crippen molar-refractivity contribution in [1.82, 2.24) is 15.1 Å². The third-order valence-corrected chi connectivity index (χ3v) is 6.95. The highest BCUT2D eigenvalue weighted by Gasteiger charge is 2.32. The van der Waals surface area contributed by atoms with Crippen LogP contribution in [0, 0.1) is 0 Å². The van der Waals surface area contributed by atoms with Crippen molar-refractivity contribution in [3.63, 3.8) is 0 Å². The molecule has 6 nitrogen and oxygen atoms in total. The molecule has 0 radical (unpaired) electrons. The van der Waals surface area contributed by atoms with E-state index in [9.17, 15) is 0 Å². The molecule has 3 unspecified atom stereocenters. The van der Waals surface area contributed by atoms with Gasteiger partial charge in [0.1, 0.15) is 6.10 Å². The molecule has 1 aromatic heterocycles. The van der Waals surface area contributed by atoms with Gasteiger partial charge in [-0.1, -0.05) is 6.07 Å². The summed E-state index contributed by atoms with van der Waals surface area (Å²) in [4.78, 5) is 11.5. The normalized spacial score (nSPS) is 27.1. The number of nitrogens with one attached hydrogen (secondary N) is 1. The number of likely N-dealkylation sites (tertiary alicyclic amines) is 1. The molecule has 0 aliphatic carbocycles. The fraction of sp³-hybridized carbons (Fsp3) is 0.762. The van der Waals surface area contributed by atoms with E-state index in [4.69, 9.17) is 14.5 Å². The smallest absolute Gasteiger partial charge is 0.194 e. The quantitative estimate of drug-likeness (QED) is 0.345. The highest BCUT2D eigenvalue weighted by atomic mass is 127. The first-order valence-corrected chi connectivity index (χ1v) is 11.8. The van der Waals surface area contributed by atoms with Crippen molar-refractivity contribution in [2.45, 2.75) is 50.9 Å². The average molecular weight is 535 g/mol. The van der Waals surface area contributed by atoms with Crippen molar-refractivity contribution in [3.05, 3.63) is 22.4 Å². The van der Waals surface area contributed by atoms with E-state index in [1.165, 1.54) is 30.8 Å². The van der Waals surface area contributed by atoms with E-state index in [1.54, 1.807) is 0 Å². The van der Waals surface area contributed by atoms with Gasteiger partial charge in [0.05, 0.1) is 25.3 Å². The van der Waals surface area contributed by atoms with Crippen LogP contribution >= 0.6 is 35.3 Å². The van der Waals surface area contributed by atoms with Gasteiger partial charge in [-0.2, -0.15) is 0 Å². The Bertz CT molecular complexity index is 618. The predicted molar refractivity (Wildman–Crippen MR) is 130 cm³/mol. The Hall–Kier alpha value is -0.420. The summed E-state index contributed by atoms with van der Waals surface area (Å²) in [5.74, 6) is 1.02. The number of morpholine rings is 1. The Morgan fingerprint density at radius 2 is 2.03 bits per heavy atom. The summed E-state index contributed by atoms with van der Waals surface area (Å²) in [7, 11) is 0. The van der Waals surface area contributed by atoms with Gasteiger partial charge in [-0.05, 0) is 57.1 Å². The van der Waals surface area contributed by atoms with Gasteiger partial charge in [-0.3, -0.25) is 9.89 Å². The molecule has 1 aromatic rings. The van der Waals surface area contributed by atoms with E-state index >= 15 is 0 Å². The van der Waals surface area contributed by atoms with Crippen LogP contribution in [0.25, 0.3) is 0 Å². The van der Waals surface area contributed by atoms with Crippen molar-refractivity contribution in [2.24, 2.45) is 4.99 Å². The van der Waals surface area contributed by atoms with Gasteiger partial charge in [0.2, 0.25) is 0 Å². The molecular formula is C21H35IN4O2S. The lowest BCUT2D eigenvalue weighted by Crippen LogP contribution is -2.53. The molecule has 4 heterocycles. The van der Waals surface area contributed by atoms with Crippen molar-refractivity contribution in [3.8, 4) is 0 Å². The second-order valence-electron chi connectivity index (χ2n) is 7.88. The number of thiophene rings is 1. The molecule has 0 aromatic carbocycles. The lowest BCUT2D eigenvalue weighted by atomic mass is 10.1. The van der Waals surface area contributed by atoms with Crippen LogP contribution in [0.5, 0.6) is 0 Å². The average Bonchev–Trinajstić information content (AvgIpc) is 3.51. The number of guanidine groups is 1. The second kappa shape index (κ2) is 11.8. The van der Waals surface area contributed by atoms with Gasteiger partial charge in [0.15, 0.2) is 5.96 Å². The van der Waals surface area contributed by atoms with Crippen LogP contribution in [-0.4, -0.2) is 80.4 Å². The molecule has 4 rings (SSSR count). The van der Waals surface area contributed by atoms with Crippen LogP contribution in [-0.2, 0) is 9.47 Å². The van der Waals surface area contributed by atoms with Crippen LogP contribution in [0.3, 0.4) is 0 Å². The minimum absolute atomic E-state index is 0. The van der Waals surface area contributed by atoms with Gasteiger partial charge in [-0.25, -0.2) is 0 Å². The maximum atomic E-state index is 6.03. The summed E-state index contributed by atoms with van der Waals surface area (Å²) >= 11 is 1.85. The van der Waals surface area contributed by atoms with E-state index in [0.717, 1.165) is 58.2 Å². The monoisotopic (exact) mass is 534 g/mol. The Balaban J connectivity index is 0.00000240. The standard InChI is InChI=1S/C21H34N4O2S.HI/c1-2-22-21(25-11-13-27-19(16-25)18-7-5-12-26-18)23-15-17(20-8-6-14-28-20)24-9-3-4-10-24;/h6,8,14,17-19H,2-5,7,9-13,15-16H2,1H3,(H,22,23);1H. The molecule has 0 bridgehead atoms. The van der Waals surface area contributed by atoms with Crippen LogP contribution < -0.4 is 5.32 Å². The van der Waals surface area contributed by atoms with Crippen LogP contribution in [0.1, 0.15) is 43.5 Å². The maximum Gasteiger partial charge on any atom is 0.194 e. The number of aliphatic imine (C=N–C) groups is 1. The molecule has 0 amide bonds. The topological polar surface area (TPSA) is 49.3 Å². The Morgan fingerprint density at radius 3 is 2.72 bits per heavy atom. The van der Waals surface area contributed by atoms with Gasteiger partial charge >= 0.3 is 0 Å².